The van der Waals surface area contributed by atoms with E-state index in [1.807, 2.05) is 38.1 Å². The SMILES string of the molecule is CC[C@@H](NC(=O)COC(=O)CNC(=O)c1ccccc1F)c1ccc(C)cc1. The summed E-state index contributed by atoms with van der Waals surface area (Å²) in [7, 11) is 0. The minimum absolute atomic E-state index is 0.170. The predicted octanol–water partition coefficient (Wildman–Crippen LogP) is 2.67. The molecule has 2 amide bonds. The van der Waals surface area contributed by atoms with Crippen molar-refractivity contribution in [2.24, 2.45) is 0 Å². The Labute approximate surface area is 163 Å². The fraction of sp³-hybridized carbons (Fsp3) is 0.286. The van der Waals surface area contributed by atoms with Crippen LogP contribution in [0.1, 0.15) is 40.9 Å². The van der Waals surface area contributed by atoms with Crippen LogP contribution in [0.25, 0.3) is 0 Å². The third-order valence-corrected chi connectivity index (χ3v) is 4.10. The second-order valence-corrected chi connectivity index (χ2v) is 6.26. The van der Waals surface area contributed by atoms with Crippen LogP contribution in [-0.4, -0.2) is 30.9 Å². The largest absolute Gasteiger partial charge is 0.454 e. The number of halogens is 1. The average molecular weight is 386 g/mol. The molecule has 0 aliphatic rings. The van der Waals surface area contributed by atoms with E-state index in [1.165, 1.54) is 18.2 Å². The zero-order chi connectivity index (χ0) is 20.5. The number of benzene rings is 2. The molecule has 0 aromatic heterocycles. The summed E-state index contributed by atoms with van der Waals surface area (Å²) in [6.07, 6.45) is 0.682. The Morgan fingerprint density at radius 1 is 1.07 bits per heavy atom. The molecule has 2 N–H and O–H groups in total. The predicted molar refractivity (Wildman–Crippen MR) is 102 cm³/mol. The molecule has 0 bridgehead atoms. The molecule has 0 saturated heterocycles. The van der Waals surface area contributed by atoms with Crippen LogP contribution in [0.3, 0.4) is 0 Å². The Morgan fingerprint density at radius 2 is 1.75 bits per heavy atom. The summed E-state index contributed by atoms with van der Waals surface area (Å²) in [6.45, 7) is 3.00. The summed E-state index contributed by atoms with van der Waals surface area (Å²) < 4.78 is 18.4. The van der Waals surface area contributed by atoms with Gasteiger partial charge in [-0.2, -0.15) is 0 Å². The van der Waals surface area contributed by atoms with Gasteiger partial charge in [0, 0.05) is 0 Å². The molecule has 1 atom stereocenters. The third-order valence-electron chi connectivity index (χ3n) is 4.10. The Hall–Kier alpha value is -3.22. The number of carbonyl (C=O) groups is 3. The van der Waals surface area contributed by atoms with Gasteiger partial charge in [0.2, 0.25) is 0 Å². The zero-order valence-electron chi connectivity index (χ0n) is 15.8. The number of ether oxygens (including phenoxy) is 1. The van der Waals surface area contributed by atoms with Crippen molar-refractivity contribution < 1.29 is 23.5 Å². The van der Waals surface area contributed by atoms with E-state index in [0.717, 1.165) is 17.2 Å². The molecule has 7 heteroatoms. The van der Waals surface area contributed by atoms with Gasteiger partial charge in [-0.3, -0.25) is 14.4 Å². The molecule has 0 radical (unpaired) electrons. The molecule has 0 aliphatic carbocycles. The van der Waals surface area contributed by atoms with E-state index < -0.39 is 36.8 Å². The molecule has 6 nitrogen and oxygen atoms in total. The van der Waals surface area contributed by atoms with Crippen molar-refractivity contribution in [1.82, 2.24) is 10.6 Å². The van der Waals surface area contributed by atoms with E-state index >= 15 is 0 Å². The fourth-order valence-corrected chi connectivity index (χ4v) is 2.55. The van der Waals surface area contributed by atoms with Crippen molar-refractivity contribution in [3.63, 3.8) is 0 Å². The molecular formula is C21H23FN2O4. The lowest BCUT2D eigenvalue weighted by Crippen LogP contribution is -2.35. The quantitative estimate of drug-likeness (QED) is 0.683. The zero-order valence-corrected chi connectivity index (χ0v) is 15.8. The smallest absolute Gasteiger partial charge is 0.325 e. The number of aryl methyl sites for hydroxylation is 1. The van der Waals surface area contributed by atoms with Crippen LogP contribution in [0, 0.1) is 12.7 Å². The van der Waals surface area contributed by atoms with E-state index in [2.05, 4.69) is 10.6 Å². The molecular weight excluding hydrogens is 363 g/mol. The number of hydrogen-bond donors (Lipinski definition) is 2. The average Bonchev–Trinajstić information content (AvgIpc) is 2.69. The molecule has 2 aromatic rings. The Kier molecular flexibility index (Phi) is 7.68. The summed E-state index contributed by atoms with van der Waals surface area (Å²) in [5.41, 5.74) is 1.91. The van der Waals surface area contributed by atoms with Gasteiger partial charge in [0.05, 0.1) is 11.6 Å². The maximum absolute atomic E-state index is 13.5. The Bertz CT molecular complexity index is 837. The molecule has 0 heterocycles. The number of hydrogen-bond acceptors (Lipinski definition) is 4. The van der Waals surface area contributed by atoms with E-state index in [9.17, 15) is 18.8 Å². The van der Waals surface area contributed by atoms with Crippen LogP contribution in [0.5, 0.6) is 0 Å². The van der Waals surface area contributed by atoms with Crippen LogP contribution in [0.15, 0.2) is 48.5 Å². The van der Waals surface area contributed by atoms with E-state index in [1.54, 1.807) is 0 Å². The van der Waals surface area contributed by atoms with E-state index in [0.29, 0.717) is 6.42 Å². The standard InChI is InChI=1S/C21H23FN2O4/c1-3-18(15-10-8-14(2)9-11-15)24-19(25)13-28-20(26)12-23-21(27)16-6-4-5-7-17(16)22/h4-11,18H,3,12-13H2,1-2H3,(H,23,27)(H,24,25)/t18-/m1/s1. The van der Waals surface area contributed by atoms with Gasteiger partial charge < -0.3 is 15.4 Å². The van der Waals surface area contributed by atoms with Crippen molar-refractivity contribution >= 4 is 17.8 Å². The highest BCUT2D eigenvalue weighted by molar-refractivity contribution is 5.96. The fourth-order valence-electron chi connectivity index (χ4n) is 2.55. The first-order valence-corrected chi connectivity index (χ1v) is 8.95. The highest BCUT2D eigenvalue weighted by Gasteiger charge is 2.16. The van der Waals surface area contributed by atoms with E-state index in [4.69, 9.17) is 4.74 Å². The summed E-state index contributed by atoms with van der Waals surface area (Å²) in [5, 5.41) is 5.06. The molecule has 0 fully saturated rings. The lowest BCUT2D eigenvalue weighted by Gasteiger charge is -2.17. The van der Waals surface area contributed by atoms with Crippen LogP contribution in [0.4, 0.5) is 4.39 Å². The lowest BCUT2D eigenvalue weighted by atomic mass is 10.0. The minimum atomic E-state index is -0.789. The molecule has 0 aliphatic heterocycles. The van der Waals surface area contributed by atoms with Crippen molar-refractivity contribution in [1.29, 1.82) is 0 Å². The maximum atomic E-state index is 13.5. The van der Waals surface area contributed by atoms with Crippen molar-refractivity contribution in [2.45, 2.75) is 26.3 Å². The van der Waals surface area contributed by atoms with Gasteiger partial charge in [-0.1, -0.05) is 48.9 Å². The first kappa shape index (κ1) is 21.1. The highest BCUT2D eigenvalue weighted by atomic mass is 19.1. The maximum Gasteiger partial charge on any atom is 0.325 e. The Morgan fingerprint density at radius 3 is 2.39 bits per heavy atom. The first-order valence-electron chi connectivity index (χ1n) is 8.95. The number of nitrogens with one attached hydrogen (secondary N) is 2. The summed E-state index contributed by atoms with van der Waals surface area (Å²) >= 11 is 0. The van der Waals surface area contributed by atoms with E-state index in [-0.39, 0.29) is 11.6 Å². The number of carbonyl (C=O) groups excluding carboxylic acids is 3. The first-order chi connectivity index (χ1) is 13.4. The Balaban J connectivity index is 1.77. The van der Waals surface area contributed by atoms with Gasteiger partial charge in [0.1, 0.15) is 12.4 Å². The molecule has 0 unspecified atom stereocenters. The monoisotopic (exact) mass is 386 g/mol. The van der Waals surface area contributed by atoms with Gasteiger partial charge in [-0.05, 0) is 31.0 Å². The van der Waals surface area contributed by atoms with Gasteiger partial charge in [0.25, 0.3) is 11.8 Å². The van der Waals surface area contributed by atoms with Crippen molar-refractivity contribution in [3.05, 3.63) is 71.0 Å². The third kappa shape index (κ3) is 6.19. The van der Waals surface area contributed by atoms with Crippen molar-refractivity contribution in [3.8, 4) is 0 Å². The normalized spacial score (nSPS) is 11.4. The molecule has 2 rings (SSSR count). The lowest BCUT2D eigenvalue weighted by molar-refractivity contribution is -0.147. The molecule has 0 saturated carbocycles. The van der Waals surface area contributed by atoms with Crippen LogP contribution in [-0.2, 0) is 14.3 Å². The molecule has 148 valence electrons. The van der Waals surface area contributed by atoms with Crippen molar-refractivity contribution in [2.75, 3.05) is 13.2 Å². The minimum Gasteiger partial charge on any atom is -0.454 e. The second kappa shape index (κ2) is 10.2. The summed E-state index contributed by atoms with van der Waals surface area (Å²) in [4.78, 5) is 35.6. The van der Waals surface area contributed by atoms with Gasteiger partial charge in [-0.15, -0.1) is 0 Å². The second-order valence-electron chi connectivity index (χ2n) is 6.26. The van der Waals surface area contributed by atoms with Crippen LogP contribution >= 0.6 is 0 Å². The van der Waals surface area contributed by atoms with Gasteiger partial charge >= 0.3 is 5.97 Å². The molecule has 28 heavy (non-hydrogen) atoms. The number of rotatable bonds is 8. The summed E-state index contributed by atoms with van der Waals surface area (Å²) in [5.74, 6) is -2.65. The molecule has 2 aromatic carbocycles. The van der Waals surface area contributed by atoms with Gasteiger partial charge in [-0.25, -0.2) is 4.39 Å². The van der Waals surface area contributed by atoms with Crippen LogP contribution < -0.4 is 10.6 Å². The topological polar surface area (TPSA) is 84.5 Å². The highest BCUT2D eigenvalue weighted by Crippen LogP contribution is 2.16. The number of esters is 1. The van der Waals surface area contributed by atoms with Gasteiger partial charge in [0.15, 0.2) is 6.61 Å². The van der Waals surface area contributed by atoms with Crippen LogP contribution in [0.2, 0.25) is 0 Å². The molecule has 0 spiro atoms. The summed E-state index contributed by atoms with van der Waals surface area (Å²) in [6, 6.07) is 13.0. The number of amides is 2.